The van der Waals surface area contributed by atoms with Gasteiger partial charge in [-0.25, -0.2) is 9.97 Å². The summed E-state index contributed by atoms with van der Waals surface area (Å²) < 4.78 is 0. The SMILES string of the molecule is CC(C)c1ncc(N2CCC(C)C(C)C2)c(CN)n1. The van der Waals surface area contributed by atoms with Crippen molar-refractivity contribution in [2.45, 2.75) is 46.6 Å². The number of nitrogens with zero attached hydrogens (tertiary/aromatic N) is 3. The van der Waals surface area contributed by atoms with Crippen molar-refractivity contribution in [3.8, 4) is 0 Å². The van der Waals surface area contributed by atoms with Crippen molar-refractivity contribution in [2.75, 3.05) is 18.0 Å². The van der Waals surface area contributed by atoms with Crippen molar-refractivity contribution >= 4 is 5.69 Å². The molecule has 1 aliphatic rings. The lowest BCUT2D eigenvalue weighted by Gasteiger charge is -2.37. The van der Waals surface area contributed by atoms with Gasteiger partial charge in [-0.2, -0.15) is 0 Å². The van der Waals surface area contributed by atoms with Crippen molar-refractivity contribution in [2.24, 2.45) is 17.6 Å². The van der Waals surface area contributed by atoms with Crippen LogP contribution in [0.25, 0.3) is 0 Å². The Morgan fingerprint density at radius 2 is 2.11 bits per heavy atom. The smallest absolute Gasteiger partial charge is 0.131 e. The van der Waals surface area contributed by atoms with Crippen LogP contribution in [0.2, 0.25) is 0 Å². The minimum atomic E-state index is 0.347. The Morgan fingerprint density at radius 3 is 2.68 bits per heavy atom. The average molecular weight is 262 g/mol. The molecule has 2 atom stereocenters. The van der Waals surface area contributed by atoms with Crippen LogP contribution >= 0.6 is 0 Å². The summed E-state index contributed by atoms with van der Waals surface area (Å²) in [5.74, 6) is 2.75. The number of anilines is 1. The van der Waals surface area contributed by atoms with Crippen molar-refractivity contribution < 1.29 is 0 Å². The summed E-state index contributed by atoms with van der Waals surface area (Å²) in [6.07, 6.45) is 3.20. The van der Waals surface area contributed by atoms with Crippen LogP contribution in [0.15, 0.2) is 6.20 Å². The minimum Gasteiger partial charge on any atom is -0.368 e. The van der Waals surface area contributed by atoms with Crippen LogP contribution in [0.4, 0.5) is 5.69 Å². The van der Waals surface area contributed by atoms with Crippen LogP contribution < -0.4 is 10.6 Å². The molecule has 19 heavy (non-hydrogen) atoms. The van der Waals surface area contributed by atoms with E-state index in [9.17, 15) is 0 Å². The molecule has 106 valence electrons. The minimum absolute atomic E-state index is 0.347. The van der Waals surface area contributed by atoms with Crippen molar-refractivity contribution in [1.82, 2.24) is 9.97 Å². The van der Waals surface area contributed by atoms with Gasteiger partial charge in [-0.1, -0.05) is 27.7 Å². The third kappa shape index (κ3) is 3.06. The first kappa shape index (κ1) is 14.3. The van der Waals surface area contributed by atoms with Gasteiger partial charge in [0.25, 0.3) is 0 Å². The van der Waals surface area contributed by atoms with Crippen molar-refractivity contribution in [1.29, 1.82) is 0 Å². The van der Waals surface area contributed by atoms with E-state index in [1.165, 1.54) is 6.42 Å². The second kappa shape index (κ2) is 5.87. The first-order valence-corrected chi connectivity index (χ1v) is 7.33. The highest BCUT2D eigenvalue weighted by Gasteiger charge is 2.24. The molecule has 4 heteroatoms. The average Bonchev–Trinajstić information content (AvgIpc) is 2.41. The van der Waals surface area contributed by atoms with Gasteiger partial charge < -0.3 is 10.6 Å². The zero-order chi connectivity index (χ0) is 14.0. The number of rotatable bonds is 3. The Labute approximate surface area is 116 Å². The van der Waals surface area contributed by atoms with Crippen LogP contribution in [0.5, 0.6) is 0 Å². The molecule has 1 aliphatic heterocycles. The van der Waals surface area contributed by atoms with Crippen LogP contribution in [0.1, 0.15) is 51.6 Å². The number of nitrogens with two attached hydrogens (primary N) is 1. The van der Waals surface area contributed by atoms with E-state index in [1.54, 1.807) is 0 Å². The fourth-order valence-electron chi connectivity index (χ4n) is 2.60. The van der Waals surface area contributed by atoms with Gasteiger partial charge in [-0.3, -0.25) is 0 Å². The summed E-state index contributed by atoms with van der Waals surface area (Å²) in [4.78, 5) is 11.5. The third-order valence-corrected chi connectivity index (χ3v) is 4.25. The molecule has 0 radical (unpaired) electrons. The molecule has 4 nitrogen and oxygen atoms in total. The monoisotopic (exact) mass is 262 g/mol. The van der Waals surface area contributed by atoms with Crippen molar-refractivity contribution in [3.05, 3.63) is 17.7 Å². The first-order chi connectivity index (χ1) is 9.02. The fourth-order valence-corrected chi connectivity index (χ4v) is 2.60. The second-order valence-corrected chi connectivity index (χ2v) is 6.11. The summed E-state index contributed by atoms with van der Waals surface area (Å²) >= 11 is 0. The highest BCUT2D eigenvalue weighted by molar-refractivity contribution is 5.49. The Kier molecular flexibility index (Phi) is 4.40. The summed E-state index contributed by atoms with van der Waals surface area (Å²) in [7, 11) is 0. The van der Waals surface area contributed by atoms with Gasteiger partial charge in [0.2, 0.25) is 0 Å². The first-order valence-electron chi connectivity index (χ1n) is 7.33. The van der Waals surface area contributed by atoms with E-state index in [2.05, 4.69) is 42.6 Å². The number of piperidine rings is 1. The van der Waals surface area contributed by atoms with E-state index >= 15 is 0 Å². The Morgan fingerprint density at radius 1 is 1.37 bits per heavy atom. The molecule has 0 spiro atoms. The number of hydrogen-bond donors (Lipinski definition) is 1. The summed E-state index contributed by atoms with van der Waals surface area (Å²) in [5, 5.41) is 0. The normalized spacial score (nSPS) is 24.0. The van der Waals surface area contributed by atoms with Crippen LogP contribution in [-0.2, 0) is 6.54 Å². The molecule has 0 bridgehead atoms. The maximum absolute atomic E-state index is 5.87. The molecule has 1 saturated heterocycles. The van der Waals surface area contributed by atoms with Gasteiger partial charge in [0.05, 0.1) is 17.6 Å². The largest absolute Gasteiger partial charge is 0.368 e. The number of hydrogen-bond acceptors (Lipinski definition) is 4. The zero-order valence-corrected chi connectivity index (χ0v) is 12.6. The Bertz CT molecular complexity index is 430. The summed E-state index contributed by atoms with van der Waals surface area (Å²) in [5.41, 5.74) is 7.99. The summed E-state index contributed by atoms with van der Waals surface area (Å²) in [6.45, 7) is 11.5. The molecule has 0 aliphatic carbocycles. The molecular formula is C15H26N4. The van der Waals surface area contributed by atoms with Gasteiger partial charge >= 0.3 is 0 Å². The van der Waals surface area contributed by atoms with E-state index in [1.807, 2.05) is 6.20 Å². The van der Waals surface area contributed by atoms with Crippen molar-refractivity contribution in [3.63, 3.8) is 0 Å². The van der Waals surface area contributed by atoms with E-state index in [-0.39, 0.29) is 0 Å². The molecule has 0 amide bonds. The Balaban J connectivity index is 2.24. The van der Waals surface area contributed by atoms with Gasteiger partial charge in [-0.05, 0) is 18.3 Å². The van der Waals surface area contributed by atoms with Gasteiger partial charge in [0.15, 0.2) is 0 Å². The standard InChI is InChI=1S/C15H26N4/c1-10(2)15-17-8-14(13(7-16)18-15)19-6-5-11(3)12(4)9-19/h8,10-12H,5-7,9,16H2,1-4H3. The molecular weight excluding hydrogens is 236 g/mol. The highest BCUT2D eigenvalue weighted by atomic mass is 15.2. The maximum Gasteiger partial charge on any atom is 0.131 e. The molecule has 2 unspecified atom stereocenters. The molecule has 1 aromatic heterocycles. The third-order valence-electron chi connectivity index (χ3n) is 4.25. The van der Waals surface area contributed by atoms with Crippen LogP contribution in [-0.4, -0.2) is 23.1 Å². The molecule has 2 rings (SSSR count). The van der Waals surface area contributed by atoms with E-state index in [0.29, 0.717) is 18.4 Å². The number of aromatic nitrogens is 2. The van der Waals surface area contributed by atoms with Gasteiger partial charge in [0, 0.05) is 25.6 Å². The maximum atomic E-state index is 5.87. The van der Waals surface area contributed by atoms with Gasteiger partial charge in [0.1, 0.15) is 5.82 Å². The molecule has 2 N–H and O–H groups in total. The zero-order valence-electron chi connectivity index (χ0n) is 12.6. The fraction of sp³-hybridized carbons (Fsp3) is 0.733. The lowest BCUT2D eigenvalue weighted by molar-refractivity contribution is 0.323. The topological polar surface area (TPSA) is 55.0 Å². The van der Waals surface area contributed by atoms with E-state index in [4.69, 9.17) is 5.73 Å². The summed E-state index contributed by atoms with van der Waals surface area (Å²) in [6, 6.07) is 0. The quantitative estimate of drug-likeness (QED) is 0.909. The Hall–Kier alpha value is -1.16. The lowest BCUT2D eigenvalue weighted by Crippen LogP contribution is -2.39. The lowest BCUT2D eigenvalue weighted by atomic mass is 9.88. The van der Waals surface area contributed by atoms with Crippen LogP contribution in [0, 0.1) is 11.8 Å². The molecule has 1 fully saturated rings. The molecule has 2 heterocycles. The molecule has 1 aromatic rings. The van der Waals surface area contributed by atoms with Crippen LogP contribution in [0.3, 0.4) is 0 Å². The van der Waals surface area contributed by atoms with E-state index in [0.717, 1.165) is 36.2 Å². The second-order valence-electron chi connectivity index (χ2n) is 6.11. The molecule has 0 saturated carbocycles. The molecule has 0 aromatic carbocycles. The predicted octanol–water partition coefficient (Wildman–Crippen LogP) is 2.54. The highest BCUT2D eigenvalue weighted by Crippen LogP contribution is 2.28. The van der Waals surface area contributed by atoms with E-state index < -0.39 is 0 Å². The predicted molar refractivity (Wildman–Crippen MR) is 79.2 cm³/mol. The van der Waals surface area contributed by atoms with Gasteiger partial charge in [-0.15, -0.1) is 0 Å².